The van der Waals surface area contributed by atoms with Crippen molar-refractivity contribution in [3.05, 3.63) is 0 Å². The Kier molecular flexibility index (Phi) is 4.61. The molecule has 1 aromatic rings. The van der Waals surface area contributed by atoms with E-state index in [1.807, 2.05) is 4.68 Å². The molecule has 2 rings (SSSR count). The number of aromatic nitrogens is 4. The van der Waals surface area contributed by atoms with Crippen molar-refractivity contribution in [1.29, 1.82) is 0 Å². The van der Waals surface area contributed by atoms with Gasteiger partial charge in [-0.05, 0) is 48.1 Å². The van der Waals surface area contributed by atoms with Crippen LogP contribution >= 0.6 is 11.8 Å². The van der Waals surface area contributed by atoms with Gasteiger partial charge in [0.15, 0.2) is 0 Å². The van der Waals surface area contributed by atoms with Crippen LogP contribution in [0.1, 0.15) is 52.0 Å². The summed E-state index contributed by atoms with van der Waals surface area (Å²) in [7, 11) is 0. The second kappa shape index (κ2) is 6.02. The Morgan fingerprint density at radius 2 is 2.17 bits per heavy atom. The molecule has 1 heterocycles. The lowest BCUT2D eigenvalue weighted by Gasteiger charge is -2.21. The highest BCUT2D eigenvalue weighted by atomic mass is 32.2. The smallest absolute Gasteiger partial charge is 0.209 e. The minimum Gasteiger partial charge on any atom is -0.330 e. The highest BCUT2D eigenvalue weighted by molar-refractivity contribution is 7.99. The van der Waals surface area contributed by atoms with Gasteiger partial charge in [0.25, 0.3) is 0 Å². The van der Waals surface area contributed by atoms with Crippen LogP contribution in [0.3, 0.4) is 0 Å². The van der Waals surface area contributed by atoms with Gasteiger partial charge < -0.3 is 5.73 Å². The van der Waals surface area contributed by atoms with Gasteiger partial charge in [-0.1, -0.05) is 32.0 Å². The molecule has 6 heteroatoms. The Labute approximate surface area is 113 Å². The number of rotatable bonds is 8. The van der Waals surface area contributed by atoms with Crippen molar-refractivity contribution in [1.82, 2.24) is 20.2 Å². The Hall–Kier alpha value is -0.620. The SMILES string of the molecule is CC(C)(CN)CCCCSc1nnnn1C1CC1. The van der Waals surface area contributed by atoms with Gasteiger partial charge in [-0.3, -0.25) is 0 Å². The first kappa shape index (κ1) is 13.8. The third kappa shape index (κ3) is 3.95. The van der Waals surface area contributed by atoms with Crippen LogP contribution in [0, 0.1) is 5.41 Å². The monoisotopic (exact) mass is 269 g/mol. The summed E-state index contributed by atoms with van der Waals surface area (Å²) >= 11 is 1.78. The van der Waals surface area contributed by atoms with Crippen LogP contribution in [0.5, 0.6) is 0 Å². The van der Waals surface area contributed by atoms with Crippen molar-refractivity contribution in [3.8, 4) is 0 Å². The van der Waals surface area contributed by atoms with E-state index in [0.29, 0.717) is 6.04 Å². The van der Waals surface area contributed by atoms with E-state index in [2.05, 4.69) is 29.4 Å². The van der Waals surface area contributed by atoms with E-state index in [4.69, 9.17) is 5.73 Å². The Balaban J connectivity index is 1.64. The largest absolute Gasteiger partial charge is 0.330 e. The van der Waals surface area contributed by atoms with Gasteiger partial charge in [0, 0.05) is 5.75 Å². The molecule has 0 spiro atoms. The number of unbranched alkanes of at least 4 members (excludes halogenated alkanes) is 1. The molecule has 0 saturated heterocycles. The average molecular weight is 269 g/mol. The van der Waals surface area contributed by atoms with E-state index < -0.39 is 0 Å². The summed E-state index contributed by atoms with van der Waals surface area (Å²) in [6.45, 7) is 5.22. The molecule has 1 aromatic heterocycles. The molecule has 1 fully saturated rings. The van der Waals surface area contributed by atoms with Crippen LogP contribution in [-0.2, 0) is 0 Å². The first-order valence-electron chi connectivity index (χ1n) is 6.73. The fraction of sp³-hybridized carbons (Fsp3) is 0.917. The van der Waals surface area contributed by atoms with E-state index in [1.54, 1.807) is 11.8 Å². The molecule has 1 aliphatic carbocycles. The lowest BCUT2D eigenvalue weighted by atomic mass is 9.88. The summed E-state index contributed by atoms with van der Waals surface area (Å²) in [5, 5.41) is 12.9. The van der Waals surface area contributed by atoms with Crippen molar-refractivity contribution in [3.63, 3.8) is 0 Å². The third-order valence-electron chi connectivity index (χ3n) is 3.39. The third-order valence-corrected chi connectivity index (χ3v) is 4.41. The van der Waals surface area contributed by atoms with Gasteiger partial charge in [-0.2, -0.15) is 0 Å². The molecule has 0 aromatic carbocycles. The maximum atomic E-state index is 5.72. The van der Waals surface area contributed by atoms with E-state index in [9.17, 15) is 0 Å². The summed E-state index contributed by atoms with van der Waals surface area (Å²) in [4.78, 5) is 0. The second-order valence-corrected chi connectivity index (χ2v) is 6.87. The summed E-state index contributed by atoms with van der Waals surface area (Å²) in [6.07, 6.45) is 6.07. The molecule has 0 aliphatic heterocycles. The zero-order valence-electron chi connectivity index (χ0n) is 11.3. The lowest BCUT2D eigenvalue weighted by Crippen LogP contribution is -2.23. The van der Waals surface area contributed by atoms with Crippen molar-refractivity contribution < 1.29 is 0 Å². The van der Waals surface area contributed by atoms with Crippen molar-refractivity contribution in [2.75, 3.05) is 12.3 Å². The second-order valence-electron chi connectivity index (χ2n) is 5.81. The molecule has 5 nitrogen and oxygen atoms in total. The summed E-state index contributed by atoms with van der Waals surface area (Å²) < 4.78 is 1.98. The topological polar surface area (TPSA) is 69.6 Å². The van der Waals surface area contributed by atoms with E-state index in [1.165, 1.54) is 32.1 Å². The van der Waals surface area contributed by atoms with Crippen LogP contribution in [0.2, 0.25) is 0 Å². The molecule has 0 amide bonds. The molecule has 0 radical (unpaired) electrons. The van der Waals surface area contributed by atoms with Crippen molar-refractivity contribution in [2.24, 2.45) is 11.1 Å². The van der Waals surface area contributed by atoms with Gasteiger partial charge in [0.05, 0.1) is 6.04 Å². The molecule has 102 valence electrons. The predicted octanol–water partition coefficient (Wildman–Crippen LogP) is 2.26. The Morgan fingerprint density at radius 1 is 1.39 bits per heavy atom. The zero-order valence-corrected chi connectivity index (χ0v) is 12.1. The van der Waals surface area contributed by atoms with Crippen molar-refractivity contribution in [2.45, 2.75) is 57.1 Å². The normalized spacial score (nSPS) is 16.2. The average Bonchev–Trinajstić information content (AvgIpc) is 3.09. The minimum absolute atomic E-state index is 0.278. The molecule has 1 aliphatic rings. The number of tetrazole rings is 1. The summed E-state index contributed by atoms with van der Waals surface area (Å²) in [5.41, 5.74) is 6.00. The lowest BCUT2D eigenvalue weighted by molar-refractivity contribution is 0.336. The molecule has 18 heavy (non-hydrogen) atoms. The standard InChI is InChI=1S/C12H23N5S/c1-12(2,9-13)7-3-4-8-18-11-14-15-16-17(11)10-5-6-10/h10H,3-9,13H2,1-2H3. The molecule has 1 saturated carbocycles. The van der Waals surface area contributed by atoms with E-state index >= 15 is 0 Å². The van der Waals surface area contributed by atoms with E-state index in [-0.39, 0.29) is 5.41 Å². The van der Waals surface area contributed by atoms with Gasteiger partial charge in [-0.15, -0.1) is 5.10 Å². The number of hydrogen-bond acceptors (Lipinski definition) is 5. The summed E-state index contributed by atoms with van der Waals surface area (Å²) in [6, 6.07) is 0.568. The zero-order chi connectivity index (χ0) is 13.0. The van der Waals surface area contributed by atoms with Gasteiger partial charge in [-0.25, -0.2) is 4.68 Å². The quantitative estimate of drug-likeness (QED) is 0.579. The Morgan fingerprint density at radius 3 is 2.83 bits per heavy atom. The maximum absolute atomic E-state index is 5.72. The number of nitrogens with two attached hydrogens (primary N) is 1. The fourth-order valence-electron chi connectivity index (χ4n) is 1.80. The van der Waals surface area contributed by atoms with Crippen LogP contribution in [0.15, 0.2) is 5.16 Å². The first-order valence-corrected chi connectivity index (χ1v) is 7.72. The molecule has 0 unspecified atom stereocenters. The molecule has 2 N–H and O–H groups in total. The molecule has 0 atom stereocenters. The first-order chi connectivity index (χ1) is 8.62. The number of thioether (sulfide) groups is 1. The molecular formula is C12H23N5S. The van der Waals surface area contributed by atoms with Crippen LogP contribution in [0.25, 0.3) is 0 Å². The van der Waals surface area contributed by atoms with E-state index in [0.717, 1.165) is 17.5 Å². The highest BCUT2D eigenvalue weighted by Gasteiger charge is 2.27. The fourth-order valence-corrected chi connectivity index (χ4v) is 2.74. The number of hydrogen-bond donors (Lipinski definition) is 1. The van der Waals surface area contributed by atoms with Crippen LogP contribution in [0.4, 0.5) is 0 Å². The van der Waals surface area contributed by atoms with Gasteiger partial charge in [0.1, 0.15) is 0 Å². The van der Waals surface area contributed by atoms with Crippen molar-refractivity contribution >= 4 is 11.8 Å². The summed E-state index contributed by atoms with van der Waals surface area (Å²) in [5.74, 6) is 1.09. The maximum Gasteiger partial charge on any atom is 0.209 e. The molecular weight excluding hydrogens is 246 g/mol. The number of nitrogens with zero attached hydrogens (tertiary/aromatic N) is 4. The predicted molar refractivity (Wildman–Crippen MR) is 73.5 cm³/mol. The van der Waals surface area contributed by atoms with Gasteiger partial charge >= 0.3 is 0 Å². The Bertz CT molecular complexity index is 372. The van der Waals surface area contributed by atoms with Gasteiger partial charge in [0.2, 0.25) is 5.16 Å². The van der Waals surface area contributed by atoms with Crippen LogP contribution in [-0.4, -0.2) is 32.5 Å². The highest BCUT2D eigenvalue weighted by Crippen LogP contribution is 2.36. The van der Waals surface area contributed by atoms with Crippen LogP contribution < -0.4 is 5.73 Å². The minimum atomic E-state index is 0.278. The molecule has 0 bridgehead atoms.